The van der Waals surface area contributed by atoms with Crippen molar-refractivity contribution in [2.75, 3.05) is 5.43 Å². The van der Waals surface area contributed by atoms with Crippen LogP contribution in [-0.2, 0) is 6.42 Å². The fourth-order valence-corrected chi connectivity index (χ4v) is 3.71. The maximum absolute atomic E-state index is 4.75. The van der Waals surface area contributed by atoms with E-state index in [0.29, 0.717) is 0 Å². The van der Waals surface area contributed by atoms with Crippen LogP contribution in [0.15, 0.2) is 47.7 Å². The summed E-state index contributed by atoms with van der Waals surface area (Å²) < 4.78 is 0. The van der Waals surface area contributed by atoms with E-state index in [1.807, 2.05) is 18.5 Å². The molecule has 0 spiro atoms. The van der Waals surface area contributed by atoms with E-state index in [9.17, 15) is 0 Å². The number of nitrogens with zero attached hydrogens (tertiary/aromatic N) is 2. The van der Waals surface area contributed by atoms with Crippen LogP contribution in [0.25, 0.3) is 21.8 Å². The Morgan fingerprint density at radius 1 is 1.07 bits per heavy atom. The van der Waals surface area contributed by atoms with Gasteiger partial charge in [-0.2, -0.15) is 5.10 Å². The SMILES string of the molecule is CCc1cccc2c(C=NNc3cc(C)c4cc(C)cc(C)c4n3)c[nH]c12. The van der Waals surface area contributed by atoms with Gasteiger partial charge in [-0.25, -0.2) is 4.98 Å². The molecular formula is C23H24N4. The summed E-state index contributed by atoms with van der Waals surface area (Å²) in [5.41, 5.74) is 11.3. The Balaban J connectivity index is 1.64. The molecule has 0 radical (unpaired) electrons. The maximum atomic E-state index is 4.75. The van der Waals surface area contributed by atoms with Crippen molar-refractivity contribution in [2.45, 2.75) is 34.1 Å². The Kier molecular flexibility index (Phi) is 4.40. The highest BCUT2D eigenvalue weighted by atomic mass is 15.3. The van der Waals surface area contributed by atoms with Gasteiger partial charge in [0.25, 0.3) is 0 Å². The second kappa shape index (κ2) is 6.88. The molecule has 4 nitrogen and oxygen atoms in total. The van der Waals surface area contributed by atoms with Gasteiger partial charge < -0.3 is 4.98 Å². The highest BCUT2D eigenvalue weighted by Gasteiger charge is 2.07. The van der Waals surface area contributed by atoms with E-state index >= 15 is 0 Å². The Labute approximate surface area is 159 Å². The fraction of sp³-hybridized carbons (Fsp3) is 0.217. The highest BCUT2D eigenvalue weighted by molar-refractivity contribution is 6.00. The van der Waals surface area contributed by atoms with Crippen molar-refractivity contribution < 1.29 is 0 Å². The average Bonchev–Trinajstić information content (AvgIpc) is 3.06. The van der Waals surface area contributed by atoms with Crippen molar-refractivity contribution in [3.63, 3.8) is 0 Å². The molecule has 2 aromatic heterocycles. The third-order valence-electron chi connectivity index (χ3n) is 5.05. The van der Waals surface area contributed by atoms with Gasteiger partial charge in [-0.3, -0.25) is 5.43 Å². The molecule has 2 aromatic carbocycles. The summed E-state index contributed by atoms with van der Waals surface area (Å²) in [6.07, 6.45) is 4.86. The van der Waals surface area contributed by atoms with Gasteiger partial charge in [0, 0.05) is 28.0 Å². The first-order valence-electron chi connectivity index (χ1n) is 9.33. The lowest BCUT2D eigenvalue weighted by molar-refractivity contribution is 1.15. The van der Waals surface area contributed by atoms with Gasteiger partial charge in [-0.15, -0.1) is 0 Å². The Hall–Kier alpha value is -3.14. The number of nitrogens with one attached hydrogen (secondary N) is 2. The van der Waals surface area contributed by atoms with Crippen molar-refractivity contribution in [3.8, 4) is 0 Å². The maximum Gasteiger partial charge on any atom is 0.147 e. The normalized spacial score (nSPS) is 11.7. The predicted molar refractivity (Wildman–Crippen MR) is 115 cm³/mol. The molecule has 0 unspecified atom stereocenters. The first kappa shape index (κ1) is 17.3. The number of rotatable bonds is 4. The number of H-pyrrole nitrogens is 1. The monoisotopic (exact) mass is 356 g/mol. The molecule has 0 saturated heterocycles. The number of hydrogen-bond donors (Lipinski definition) is 2. The summed E-state index contributed by atoms with van der Waals surface area (Å²) in [6, 6.07) is 12.8. The Bertz CT molecular complexity index is 1170. The van der Waals surface area contributed by atoms with Crippen LogP contribution in [0.4, 0.5) is 5.82 Å². The Morgan fingerprint density at radius 2 is 1.93 bits per heavy atom. The molecular weight excluding hydrogens is 332 g/mol. The summed E-state index contributed by atoms with van der Waals surface area (Å²) in [4.78, 5) is 8.12. The first-order chi connectivity index (χ1) is 13.1. The molecule has 0 fully saturated rings. The van der Waals surface area contributed by atoms with Gasteiger partial charge in [0.2, 0.25) is 0 Å². The number of hydrogen-bond acceptors (Lipinski definition) is 3. The van der Waals surface area contributed by atoms with E-state index in [1.165, 1.54) is 38.5 Å². The number of aromatic amines is 1. The number of hydrazone groups is 1. The van der Waals surface area contributed by atoms with Crippen LogP contribution < -0.4 is 5.43 Å². The van der Waals surface area contributed by atoms with Gasteiger partial charge in [0.15, 0.2) is 0 Å². The minimum absolute atomic E-state index is 0.761. The standard InChI is InChI=1S/C23H24N4/c1-5-17-7-6-8-19-18(12-24-23(17)19)13-25-27-21-11-15(3)20-10-14(2)9-16(4)22(20)26-21/h6-13,24H,5H2,1-4H3,(H,26,27). The fourth-order valence-electron chi connectivity index (χ4n) is 3.71. The lowest BCUT2D eigenvalue weighted by Gasteiger charge is -2.09. The van der Waals surface area contributed by atoms with Crippen LogP contribution in [-0.4, -0.2) is 16.2 Å². The van der Waals surface area contributed by atoms with Gasteiger partial charge in [0.05, 0.1) is 11.7 Å². The third-order valence-corrected chi connectivity index (χ3v) is 5.05. The molecule has 27 heavy (non-hydrogen) atoms. The number of aromatic nitrogens is 2. The zero-order valence-corrected chi connectivity index (χ0v) is 16.2. The van der Waals surface area contributed by atoms with Crippen molar-refractivity contribution in [2.24, 2.45) is 5.10 Å². The summed E-state index contributed by atoms with van der Waals surface area (Å²) in [5.74, 6) is 0.761. The second-order valence-corrected chi connectivity index (χ2v) is 7.11. The molecule has 4 rings (SSSR count). The van der Waals surface area contributed by atoms with E-state index in [4.69, 9.17) is 4.98 Å². The van der Waals surface area contributed by atoms with E-state index < -0.39 is 0 Å². The third kappa shape index (κ3) is 3.19. The molecule has 0 bridgehead atoms. The molecule has 0 aliphatic carbocycles. The van der Waals surface area contributed by atoms with E-state index in [2.05, 4.69) is 73.5 Å². The van der Waals surface area contributed by atoms with Crippen molar-refractivity contribution in [3.05, 3.63) is 70.4 Å². The lowest BCUT2D eigenvalue weighted by atomic mass is 10.0. The van der Waals surface area contributed by atoms with Crippen LogP contribution in [0.3, 0.4) is 0 Å². The number of fused-ring (bicyclic) bond motifs is 2. The minimum Gasteiger partial charge on any atom is -0.360 e. The molecule has 0 atom stereocenters. The summed E-state index contributed by atoms with van der Waals surface area (Å²) in [6.45, 7) is 8.51. The smallest absolute Gasteiger partial charge is 0.147 e. The quantitative estimate of drug-likeness (QED) is 0.367. The molecule has 136 valence electrons. The van der Waals surface area contributed by atoms with E-state index in [-0.39, 0.29) is 0 Å². The zero-order chi connectivity index (χ0) is 19.0. The summed E-state index contributed by atoms with van der Waals surface area (Å²) in [5, 5.41) is 6.82. The molecule has 0 amide bonds. The highest BCUT2D eigenvalue weighted by Crippen LogP contribution is 2.25. The number of benzene rings is 2. The Morgan fingerprint density at radius 3 is 2.74 bits per heavy atom. The van der Waals surface area contributed by atoms with Crippen LogP contribution in [0.2, 0.25) is 0 Å². The lowest BCUT2D eigenvalue weighted by Crippen LogP contribution is -1.97. The molecule has 2 N–H and O–H groups in total. The second-order valence-electron chi connectivity index (χ2n) is 7.11. The number of aryl methyl sites for hydroxylation is 4. The molecule has 2 heterocycles. The number of para-hydroxylation sites is 1. The van der Waals surface area contributed by atoms with Crippen molar-refractivity contribution in [1.29, 1.82) is 0 Å². The van der Waals surface area contributed by atoms with E-state index in [1.54, 1.807) is 0 Å². The van der Waals surface area contributed by atoms with Gasteiger partial charge in [-0.05, 0) is 56.0 Å². The number of anilines is 1. The van der Waals surface area contributed by atoms with Crippen molar-refractivity contribution >= 4 is 33.8 Å². The van der Waals surface area contributed by atoms with Gasteiger partial charge >= 0.3 is 0 Å². The zero-order valence-electron chi connectivity index (χ0n) is 16.2. The van der Waals surface area contributed by atoms with Crippen LogP contribution in [0.1, 0.15) is 34.7 Å². The summed E-state index contributed by atoms with van der Waals surface area (Å²) >= 11 is 0. The van der Waals surface area contributed by atoms with Crippen LogP contribution in [0, 0.1) is 20.8 Å². The van der Waals surface area contributed by atoms with Crippen molar-refractivity contribution in [1.82, 2.24) is 9.97 Å². The topological polar surface area (TPSA) is 53.1 Å². The van der Waals surface area contributed by atoms with Crippen LogP contribution >= 0.6 is 0 Å². The predicted octanol–water partition coefficient (Wildman–Crippen LogP) is 5.65. The average molecular weight is 356 g/mol. The van der Waals surface area contributed by atoms with Gasteiger partial charge in [0.1, 0.15) is 5.82 Å². The molecule has 0 aliphatic rings. The first-order valence-corrected chi connectivity index (χ1v) is 9.33. The molecule has 0 aliphatic heterocycles. The van der Waals surface area contributed by atoms with Crippen LogP contribution in [0.5, 0.6) is 0 Å². The largest absolute Gasteiger partial charge is 0.360 e. The minimum atomic E-state index is 0.761. The molecule has 4 heteroatoms. The van der Waals surface area contributed by atoms with Gasteiger partial charge in [-0.1, -0.05) is 36.8 Å². The summed E-state index contributed by atoms with van der Waals surface area (Å²) in [7, 11) is 0. The molecule has 0 saturated carbocycles. The molecule has 4 aromatic rings. The van der Waals surface area contributed by atoms with E-state index in [0.717, 1.165) is 23.3 Å². The number of pyridine rings is 1.